The number of benzene rings is 2. The second kappa shape index (κ2) is 11.2. The lowest BCUT2D eigenvalue weighted by molar-refractivity contribution is -0.137. The number of alkyl halides is 3. The smallest absolute Gasteiger partial charge is 0.416 e. The van der Waals surface area contributed by atoms with Gasteiger partial charge < -0.3 is 20.1 Å². The summed E-state index contributed by atoms with van der Waals surface area (Å²) in [4.78, 5) is 19.3. The van der Waals surface area contributed by atoms with Crippen molar-refractivity contribution in [2.75, 3.05) is 20.3 Å². The number of guanidine groups is 1. The highest BCUT2D eigenvalue weighted by Crippen LogP contribution is 2.35. The van der Waals surface area contributed by atoms with E-state index < -0.39 is 23.8 Å². The molecule has 34 heavy (non-hydrogen) atoms. The van der Waals surface area contributed by atoms with Crippen LogP contribution in [0.15, 0.2) is 70.9 Å². The zero-order chi connectivity index (χ0) is 24.7. The zero-order valence-electron chi connectivity index (χ0n) is 19.1. The number of nitrogens with zero attached hydrogens (tertiary/aromatic N) is 2. The minimum atomic E-state index is -4.52. The number of allylic oxidation sites excluding steroid dienone is 1. The number of aliphatic hydroxyl groups excluding tert-OH is 1. The third-order valence-corrected chi connectivity index (χ3v) is 5.58. The van der Waals surface area contributed by atoms with Gasteiger partial charge >= 0.3 is 12.1 Å². The number of aliphatic imine (C=N–C) groups is 1. The van der Waals surface area contributed by atoms with Crippen molar-refractivity contribution in [2.24, 2.45) is 4.99 Å². The minimum absolute atomic E-state index is 0.0459. The van der Waals surface area contributed by atoms with Crippen molar-refractivity contribution in [3.63, 3.8) is 0 Å². The van der Waals surface area contributed by atoms with Gasteiger partial charge in [-0.3, -0.25) is 4.99 Å². The SMILES string of the molecule is COC(=O)C1=C(C)N(Cc2ccccc2)C(=NCCCCO)N[C@H]1c1cccc(C(F)(F)F)c1. The number of carbonyl (C=O) groups is 1. The van der Waals surface area contributed by atoms with E-state index in [-0.39, 0.29) is 17.7 Å². The van der Waals surface area contributed by atoms with Gasteiger partial charge in [-0.05, 0) is 43.0 Å². The van der Waals surface area contributed by atoms with Crippen molar-refractivity contribution in [3.8, 4) is 0 Å². The van der Waals surface area contributed by atoms with Gasteiger partial charge in [0, 0.05) is 18.8 Å². The lowest BCUT2D eigenvalue weighted by atomic mass is 9.93. The van der Waals surface area contributed by atoms with Crippen LogP contribution in [0.1, 0.15) is 42.5 Å². The van der Waals surface area contributed by atoms with E-state index in [0.717, 1.165) is 17.7 Å². The first-order valence-corrected chi connectivity index (χ1v) is 11.0. The fourth-order valence-electron chi connectivity index (χ4n) is 3.81. The molecule has 0 spiro atoms. The number of methoxy groups -OCH3 is 1. The summed E-state index contributed by atoms with van der Waals surface area (Å²) in [6, 6.07) is 13.6. The predicted molar refractivity (Wildman–Crippen MR) is 123 cm³/mol. The van der Waals surface area contributed by atoms with E-state index in [1.165, 1.54) is 13.2 Å². The van der Waals surface area contributed by atoms with Crippen molar-refractivity contribution in [1.82, 2.24) is 10.2 Å². The van der Waals surface area contributed by atoms with Gasteiger partial charge in [-0.25, -0.2) is 4.79 Å². The number of hydrogen-bond acceptors (Lipinski definition) is 4. The molecule has 2 N–H and O–H groups in total. The third-order valence-electron chi connectivity index (χ3n) is 5.58. The maximum absolute atomic E-state index is 13.4. The first kappa shape index (κ1) is 25.3. The van der Waals surface area contributed by atoms with Gasteiger partial charge in [0.25, 0.3) is 0 Å². The molecule has 1 aliphatic rings. The zero-order valence-corrected chi connectivity index (χ0v) is 19.1. The number of halogens is 3. The number of unbranched alkanes of at least 4 members (excludes halogenated alkanes) is 1. The largest absolute Gasteiger partial charge is 0.466 e. The van der Waals surface area contributed by atoms with Gasteiger partial charge in [-0.1, -0.05) is 42.5 Å². The number of hydrogen-bond donors (Lipinski definition) is 2. The standard InChI is InChI=1S/C25H28F3N3O3/c1-17-21(23(33)34-2)22(19-11-8-12-20(15-19)25(26,27)28)30-24(29-13-6-7-14-32)31(17)16-18-9-4-3-5-10-18/h3-5,8-12,15,22,32H,6-7,13-14,16H2,1-2H3,(H,29,30)/t22-/m0/s1. The normalized spacial score (nSPS) is 17.6. The van der Waals surface area contributed by atoms with Crippen LogP contribution in [0.5, 0.6) is 0 Å². The molecule has 1 heterocycles. The molecule has 3 rings (SSSR count). The lowest BCUT2D eigenvalue weighted by Crippen LogP contribution is -2.48. The van der Waals surface area contributed by atoms with Gasteiger partial charge in [0.05, 0.1) is 30.8 Å². The van der Waals surface area contributed by atoms with E-state index >= 15 is 0 Å². The van der Waals surface area contributed by atoms with Crippen molar-refractivity contribution >= 4 is 11.9 Å². The average molecular weight is 476 g/mol. The van der Waals surface area contributed by atoms with Crippen LogP contribution in [0.2, 0.25) is 0 Å². The molecule has 0 fully saturated rings. The van der Waals surface area contributed by atoms with E-state index in [1.54, 1.807) is 13.0 Å². The third kappa shape index (κ3) is 5.96. The van der Waals surface area contributed by atoms with Crippen LogP contribution in [0, 0.1) is 0 Å². The number of nitrogens with one attached hydrogen (secondary N) is 1. The van der Waals surface area contributed by atoms with Crippen LogP contribution in [-0.2, 0) is 22.3 Å². The topological polar surface area (TPSA) is 74.2 Å². The Labute approximate surface area is 196 Å². The summed E-state index contributed by atoms with van der Waals surface area (Å²) in [5.74, 6) is -0.195. The molecule has 1 atom stereocenters. The van der Waals surface area contributed by atoms with Crippen LogP contribution < -0.4 is 5.32 Å². The number of aliphatic hydroxyl groups is 1. The van der Waals surface area contributed by atoms with Gasteiger partial charge in [-0.15, -0.1) is 0 Å². The molecule has 6 nitrogen and oxygen atoms in total. The van der Waals surface area contributed by atoms with Crippen LogP contribution >= 0.6 is 0 Å². The molecule has 0 aliphatic carbocycles. The van der Waals surface area contributed by atoms with Crippen LogP contribution in [0.4, 0.5) is 13.2 Å². The monoisotopic (exact) mass is 475 g/mol. The summed E-state index contributed by atoms with van der Waals surface area (Å²) in [5.41, 5.74) is 1.19. The summed E-state index contributed by atoms with van der Waals surface area (Å²) in [6.07, 6.45) is -3.30. The first-order valence-electron chi connectivity index (χ1n) is 11.0. The Kier molecular flexibility index (Phi) is 8.33. The van der Waals surface area contributed by atoms with Gasteiger partial charge in [-0.2, -0.15) is 13.2 Å². The molecule has 0 saturated heterocycles. The molecule has 2 aromatic carbocycles. The van der Waals surface area contributed by atoms with E-state index in [0.29, 0.717) is 37.6 Å². The highest BCUT2D eigenvalue weighted by molar-refractivity contribution is 5.96. The summed E-state index contributed by atoms with van der Waals surface area (Å²) < 4.78 is 45.1. The molecular formula is C25H28F3N3O3. The lowest BCUT2D eigenvalue weighted by Gasteiger charge is -2.38. The number of rotatable bonds is 8. The molecule has 0 unspecified atom stereocenters. The highest BCUT2D eigenvalue weighted by Gasteiger charge is 2.37. The quantitative estimate of drug-likeness (QED) is 0.437. The molecule has 0 saturated carbocycles. The number of ether oxygens (including phenoxy) is 1. The highest BCUT2D eigenvalue weighted by atomic mass is 19.4. The van der Waals surface area contributed by atoms with Gasteiger partial charge in [0.1, 0.15) is 0 Å². The Morgan fingerprint density at radius 2 is 1.88 bits per heavy atom. The van der Waals surface area contributed by atoms with E-state index in [2.05, 4.69) is 10.3 Å². The van der Waals surface area contributed by atoms with Crippen LogP contribution in [0.25, 0.3) is 0 Å². The molecular weight excluding hydrogens is 447 g/mol. The Balaban J connectivity index is 2.09. The van der Waals surface area contributed by atoms with Crippen molar-refractivity contribution in [2.45, 2.75) is 38.5 Å². The summed E-state index contributed by atoms with van der Waals surface area (Å²) >= 11 is 0. The molecule has 0 aromatic heterocycles. The minimum Gasteiger partial charge on any atom is -0.466 e. The number of carbonyl (C=O) groups excluding carboxylic acids is 1. The van der Waals surface area contributed by atoms with Gasteiger partial charge in [0.15, 0.2) is 5.96 Å². The van der Waals surface area contributed by atoms with Crippen molar-refractivity contribution < 1.29 is 27.8 Å². The van der Waals surface area contributed by atoms with Crippen molar-refractivity contribution in [1.29, 1.82) is 0 Å². The summed E-state index contributed by atoms with van der Waals surface area (Å²) in [6.45, 7) is 2.59. The summed E-state index contributed by atoms with van der Waals surface area (Å²) in [7, 11) is 1.24. The molecule has 1 aliphatic heterocycles. The molecule has 0 amide bonds. The van der Waals surface area contributed by atoms with E-state index in [1.807, 2.05) is 35.2 Å². The fraction of sp³-hybridized carbons (Fsp3) is 0.360. The summed E-state index contributed by atoms with van der Waals surface area (Å²) in [5, 5.41) is 12.3. The Hall–Kier alpha value is -3.33. The predicted octanol–water partition coefficient (Wildman–Crippen LogP) is 4.43. The molecule has 2 aromatic rings. The Bertz CT molecular complexity index is 1050. The Morgan fingerprint density at radius 3 is 2.53 bits per heavy atom. The Morgan fingerprint density at radius 1 is 1.15 bits per heavy atom. The molecule has 182 valence electrons. The van der Waals surface area contributed by atoms with Crippen LogP contribution in [-0.4, -0.2) is 42.2 Å². The molecule has 0 bridgehead atoms. The van der Waals surface area contributed by atoms with E-state index in [9.17, 15) is 18.0 Å². The van der Waals surface area contributed by atoms with Crippen molar-refractivity contribution in [3.05, 3.63) is 82.6 Å². The second-order valence-electron chi connectivity index (χ2n) is 7.90. The first-order chi connectivity index (χ1) is 16.3. The maximum Gasteiger partial charge on any atom is 0.416 e. The van der Waals surface area contributed by atoms with Crippen LogP contribution in [0.3, 0.4) is 0 Å². The molecule has 9 heteroatoms. The molecule has 0 radical (unpaired) electrons. The second-order valence-corrected chi connectivity index (χ2v) is 7.90. The maximum atomic E-state index is 13.4. The fourth-order valence-corrected chi connectivity index (χ4v) is 3.81. The average Bonchev–Trinajstić information content (AvgIpc) is 2.83. The number of esters is 1. The van der Waals surface area contributed by atoms with Gasteiger partial charge in [0.2, 0.25) is 0 Å². The van der Waals surface area contributed by atoms with E-state index in [4.69, 9.17) is 9.84 Å².